The van der Waals surface area contributed by atoms with Gasteiger partial charge in [-0.25, -0.2) is 0 Å². The molecule has 1 aliphatic rings. The summed E-state index contributed by atoms with van der Waals surface area (Å²) in [5.74, 6) is -1.27. The van der Waals surface area contributed by atoms with Gasteiger partial charge in [-0.1, -0.05) is 123 Å². The first-order chi connectivity index (χ1) is 22.2. The minimum absolute atomic E-state index is 0.145. The van der Waals surface area contributed by atoms with E-state index in [9.17, 15) is 29.7 Å². The molecule has 0 radical (unpaired) electrons. The predicted octanol–water partition coefficient (Wildman–Crippen LogP) is 4.04. The molecule has 1 aliphatic heterocycles. The lowest BCUT2D eigenvalue weighted by Crippen LogP contribution is -2.69. The molecule has 1 heterocycles. The Hall–Kier alpha value is -1.79. The number of amides is 3. The van der Waals surface area contributed by atoms with E-state index in [1.54, 1.807) is 4.90 Å². The maximum atomic E-state index is 13.7. The van der Waals surface area contributed by atoms with E-state index < -0.39 is 55.0 Å². The number of nitrogens with two attached hydrogens (primary N) is 1. The fourth-order valence-corrected chi connectivity index (χ4v) is 5.98. The molecule has 0 spiro atoms. The number of rotatable bonds is 27. The first kappa shape index (κ1) is 42.2. The zero-order chi connectivity index (χ0) is 34.2. The van der Waals surface area contributed by atoms with E-state index in [4.69, 9.17) is 10.5 Å². The van der Waals surface area contributed by atoms with E-state index in [0.717, 1.165) is 51.4 Å². The number of nitrogens with one attached hydrogen (secondary N) is 2. The van der Waals surface area contributed by atoms with Gasteiger partial charge in [0.1, 0.15) is 24.4 Å². The summed E-state index contributed by atoms with van der Waals surface area (Å²) in [6.45, 7) is 5.35. The monoisotopic (exact) mass is 657 g/mol. The Morgan fingerprint density at radius 3 is 1.72 bits per heavy atom. The molecule has 0 aromatic carbocycles. The normalized spacial score (nSPS) is 21.9. The minimum atomic E-state index is -1.50. The summed E-state index contributed by atoms with van der Waals surface area (Å²) >= 11 is 0. The highest BCUT2D eigenvalue weighted by atomic mass is 16.5. The van der Waals surface area contributed by atoms with E-state index in [1.807, 2.05) is 0 Å². The Morgan fingerprint density at radius 1 is 0.761 bits per heavy atom. The van der Waals surface area contributed by atoms with Crippen molar-refractivity contribution in [2.24, 2.45) is 5.73 Å². The number of unbranched alkanes of at least 4 members (excludes halogenated alkanes) is 17. The van der Waals surface area contributed by atoms with E-state index in [2.05, 4.69) is 24.5 Å². The van der Waals surface area contributed by atoms with Crippen molar-refractivity contribution in [3.05, 3.63) is 0 Å². The Balaban J connectivity index is 2.89. The Labute approximate surface area is 278 Å². The summed E-state index contributed by atoms with van der Waals surface area (Å²) in [4.78, 5) is 40.0. The van der Waals surface area contributed by atoms with Gasteiger partial charge in [-0.2, -0.15) is 0 Å². The van der Waals surface area contributed by atoms with Gasteiger partial charge in [-0.05, 0) is 19.8 Å². The molecular weight excluding hydrogens is 588 g/mol. The average Bonchev–Trinajstić information content (AvgIpc) is 3.04. The molecule has 0 aromatic rings. The van der Waals surface area contributed by atoms with Crippen molar-refractivity contribution < 1.29 is 34.4 Å². The molecule has 11 heteroatoms. The zero-order valence-corrected chi connectivity index (χ0v) is 29.2. The van der Waals surface area contributed by atoms with E-state index >= 15 is 0 Å². The zero-order valence-electron chi connectivity index (χ0n) is 29.2. The summed E-state index contributed by atoms with van der Waals surface area (Å²) in [5, 5.41) is 36.7. The molecule has 46 heavy (non-hydrogen) atoms. The fraction of sp³-hybridized carbons (Fsp3) is 0.914. The number of nitrogens with zero attached hydrogens (tertiary/aromatic N) is 1. The molecule has 1 fully saturated rings. The minimum Gasteiger partial charge on any atom is -0.394 e. The quantitative estimate of drug-likeness (QED) is 0.0719. The molecule has 3 amide bonds. The van der Waals surface area contributed by atoms with Crippen LogP contribution in [-0.4, -0.2) is 94.3 Å². The maximum Gasteiger partial charge on any atom is 0.239 e. The van der Waals surface area contributed by atoms with Crippen LogP contribution in [0.15, 0.2) is 0 Å². The van der Waals surface area contributed by atoms with Crippen molar-refractivity contribution >= 4 is 17.7 Å². The first-order valence-corrected chi connectivity index (χ1v) is 18.4. The third kappa shape index (κ3) is 17.4. The van der Waals surface area contributed by atoms with Crippen LogP contribution < -0.4 is 16.4 Å². The maximum absolute atomic E-state index is 13.7. The fourth-order valence-electron chi connectivity index (χ4n) is 5.98. The number of hydrogen-bond acceptors (Lipinski definition) is 8. The summed E-state index contributed by atoms with van der Waals surface area (Å²) < 4.78 is 6.04. The van der Waals surface area contributed by atoms with Gasteiger partial charge in [0.25, 0.3) is 0 Å². The standard InChI is InChI=1S/C35H68N4O7/c1-4-6-8-10-12-14-16-18-20-22-24-39(30(42)23-21-19-17-15-13-11-9-7-5-2)35-31(33(44)32(43)28(26-40)46-35)38-29(41)25-37-34(45)27(3)36/h27-28,31-33,35,40,43-44H,4-26,36H2,1-3H3,(H,37,45)(H,38,41)/t27-,28+,31+,32+,33+,35+/m0/s1. The topological polar surface area (TPSA) is 174 Å². The molecule has 0 unspecified atom stereocenters. The van der Waals surface area contributed by atoms with Gasteiger partial charge in [-0.15, -0.1) is 0 Å². The Morgan fingerprint density at radius 2 is 1.24 bits per heavy atom. The molecule has 270 valence electrons. The molecule has 0 aromatic heterocycles. The van der Waals surface area contributed by atoms with E-state index in [-0.39, 0.29) is 12.5 Å². The average molecular weight is 657 g/mol. The summed E-state index contributed by atoms with van der Waals surface area (Å²) in [6.07, 6.45) is 16.6. The van der Waals surface area contributed by atoms with Crippen molar-refractivity contribution in [2.45, 2.75) is 186 Å². The predicted molar refractivity (Wildman–Crippen MR) is 182 cm³/mol. The van der Waals surface area contributed by atoms with Gasteiger partial charge in [0.15, 0.2) is 6.23 Å². The molecule has 1 rings (SSSR count). The number of ether oxygens (including phenoxy) is 1. The van der Waals surface area contributed by atoms with Crippen LogP contribution in [0.5, 0.6) is 0 Å². The Bertz CT molecular complexity index is 816. The molecule has 0 bridgehead atoms. The van der Waals surface area contributed by atoms with Crippen molar-refractivity contribution in [1.29, 1.82) is 0 Å². The smallest absolute Gasteiger partial charge is 0.239 e. The highest BCUT2D eigenvalue weighted by Gasteiger charge is 2.48. The van der Waals surface area contributed by atoms with Crippen LogP contribution in [0, 0.1) is 0 Å². The molecule has 7 N–H and O–H groups in total. The lowest BCUT2D eigenvalue weighted by molar-refractivity contribution is -0.231. The number of carbonyl (C=O) groups is 3. The van der Waals surface area contributed by atoms with Crippen LogP contribution in [0.25, 0.3) is 0 Å². The number of aliphatic hydroxyl groups is 3. The van der Waals surface area contributed by atoms with Crippen LogP contribution in [0.1, 0.15) is 149 Å². The Kier molecular flexibility index (Phi) is 24.1. The molecular formula is C35H68N4O7. The van der Waals surface area contributed by atoms with Crippen LogP contribution in [0.4, 0.5) is 0 Å². The van der Waals surface area contributed by atoms with Gasteiger partial charge in [0, 0.05) is 13.0 Å². The SMILES string of the molecule is CCCCCCCCCCCCN(C(=O)CCCCCCCCCCC)[C@@H]1O[C@H](CO)[C@@H](O)[C@H](O)[C@H]1NC(=O)CNC(=O)[C@H](C)N. The van der Waals surface area contributed by atoms with Gasteiger partial charge in [0.05, 0.1) is 19.2 Å². The molecule has 6 atom stereocenters. The highest BCUT2D eigenvalue weighted by molar-refractivity contribution is 5.87. The number of aliphatic hydroxyl groups excluding tert-OH is 3. The molecule has 11 nitrogen and oxygen atoms in total. The third-order valence-corrected chi connectivity index (χ3v) is 8.94. The van der Waals surface area contributed by atoms with E-state index in [0.29, 0.717) is 13.0 Å². The lowest BCUT2D eigenvalue weighted by atomic mass is 9.94. The molecule has 0 aliphatic carbocycles. The van der Waals surface area contributed by atoms with E-state index in [1.165, 1.54) is 77.6 Å². The number of hydrogen-bond donors (Lipinski definition) is 6. The van der Waals surface area contributed by atoms with Gasteiger partial charge in [0.2, 0.25) is 17.7 Å². The largest absolute Gasteiger partial charge is 0.394 e. The number of carbonyl (C=O) groups excluding carboxylic acids is 3. The summed E-state index contributed by atoms with van der Waals surface area (Å²) in [7, 11) is 0. The molecule has 0 saturated carbocycles. The summed E-state index contributed by atoms with van der Waals surface area (Å²) in [5.41, 5.74) is 5.57. The van der Waals surface area contributed by atoms with Gasteiger partial charge >= 0.3 is 0 Å². The van der Waals surface area contributed by atoms with Crippen LogP contribution in [-0.2, 0) is 19.1 Å². The highest BCUT2D eigenvalue weighted by Crippen LogP contribution is 2.26. The van der Waals surface area contributed by atoms with Gasteiger partial charge < -0.3 is 41.3 Å². The molecule has 1 saturated heterocycles. The van der Waals surface area contributed by atoms with Crippen molar-refractivity contribution in [2.75, 3.05) is 19.7 Å². The van der Waals surface area contributed by atoms with Crippen LogP contribution >= 0.6 is 0 Å². The van der Waals surface area contributed by atoms with Crippen LogP contribution in [0.3, 0.4) is 0 Å². The van der Waals surface area contributed by atoms with Crippen molar-refractivity contribution in [3.8, 4) is 0 Å². The second-order valence-electron chi connectivity index (χ2n) is 13.2. The summed E-state index contributed by atoms with van der Waals surface area (Å²) in [6, 6.07) is -1.96. The first-order valence-electron chi connectivity index (χ1n) is 18.4. The third-order valence-electron chi connectivity index (χ3n) is 8.94. The van der Waals surface area contributed by atoms with Crippen molar-refractivity contribution in [1.82, 2.24) is 15.5 Å². The lowest BCUT2D eigenvalue weighted by Gasteiger charge is -2.47. The second kappa shape index (κ2) is 26.2. The second-order valence-corrected chi connectivity index (χ2v) is 13.2. The van der Waals surface area contributed by atoms with Gasteiger partial charge in [-0.3, -0.25) is 14.4 Å². The van der Waals surface area contributed by atoms with Crippen molar-refractivity contribution in [3.63, 3.8) is 0 Å². The van der Waals surface area contributed by atoms with Crippen LogP contribution in [0.2, 0.25) is 0 Å².